The number of anilines is 1. The van der Waals surface area contributed by atoms with Gasteiger partial charge in [0, 0.05) is 25.3 Å². The highest BCUT2D eigenvalue weighted by Crippen LogP contribution is 2.18. The number of likely N-dealkylation sites (N-methyl/N-ethyl adjacent to an activating group) is 2. The molecule has 0 aromatic heterocycles. The van der Waals surface area contributed by atoms with E-state index in [0.29, 0.717) is 19.6 Å². The molecule has 1 rings (SSSR count). The Hall–Kier alpha value is -1.55. The normalized spacial score (nSPS) is 10.2. The number of nitrogens with zero attached hydrogens (tertiary/aromatic N) is 1. The van der Waals surface area contributed by atoms with Crippen LogP contribution >= 0.6 is 0 Å². The van der Waals surface area contributed by atoms with Crippen LogP contribution in [-0.2, 0) is 11.3 Å². The number of carbonyl (C=O) groups excluding carboxylic acids is 1. The fraction of sp³-hybridized carbons (Fsp3) is 0.500. The molecule has 0 bridgehead atoms. The lowest BCUT2D eigenvalue weighted by molar-refractivity contribution is -0.119. The minimum absolute atomic E-state index is 0.0555. The molecule has 0 aliphatic rings. The van der Waals surface area contributed by atoms with Gasteiger partial charge in [-0.15, -0.1) is 0 Å². The molecule has 0 aliphatic carbocycles. The van der Waals surface area contributed by atoms with E-state index >= 15 is 0 Å². The van der Waals surface area contributed by atoms with Crippen LogP contribution in [0.3, 0.4) is 0 Å². The average Bonchev–Trinajstić information content (AvgIpc) is 2.36. The van der Waals surface area contributed by atoms with E-state index < -0.39 is 0 Å². The monoisotopic (exact) mass is 249 g/mol. The van der Waals surface area contributed by atoms with Gasteiger partial charge >= 0.3 is 0 Å². The number of rotatable bonds is 6. The summed E-state index contributed by atoms with van der Waals surface area (Å²) in [7, 11) is 0. The number of aryl methyl sites for hydroxylation is 1. The molecule has 0 aliphatic heterocycles. The molecule has 1 amide bonds. The van der Waals surface area contributed by atoms with E-state index in [1.165, 1.54) is 5.56 Å². The van der Waals surface area contributed by atoms with Crippen molar-refractivity contribution in [3.8, 4) is 0 Å². The van der Waals surface area contributed by atoms with E-state index in [0.717, 1.165) is 17.8 Å². The molecule has 3 N–H and O–H groups in total. The Morgan fingerprint density at radius 3 is 2.61 bits per heavy atom. The van der Waals surface area contributed by atoms with Gasteiger partial charge in [-0.3, -0.25) is 4.79 Å². The van der Waals surface area contributed by atoms with Crippen LogP contribution < -0.4 is 16.0 Å². The summed E-state index contributed by atoms with van der Waals surface area (Å²) in [4.78, 5) is 13.7. The topological polar surface area (TPSA) is 58.4 Å². The maximum absolute atomic E-state index is 11.6. The van der Waals surface area contributed by atoms with Crippen molar-refractivity contribution in [3.05, 3.63) is 29.3 Å². The standard InChI is InChI=1S/C14H23N3O/c1-4-16-14(18)10-17(5-2)13-7-6-12(9-15)11(3)8-13/h6-8H,4-5,9-10,15H2,1-3H3,(H,16,18). The molecule has 1 aromatic carbocycles. The summed E-state index contributed by atoms with van der Waals surface area (Å²) >= 11 is 0. The van der Waals surface area contributed by atoms with Gasteiger partial charge in [0.15, 0.2) is 0 Å². The third-order valence-corrected chi connectivity index (χ3v) is 3.00. The summed E-state index contributed by atoms with van der Waals surface area (Å²) in [6, 6.07) is 6.15. The molecule has 100 valence electrons. The SMILES string of the molecule is CCNC(=O)CN(CC)c1ccc(CN)c(C)c1. The smallest absolute Gasteiger partial charge is 0.239 e. The summed E-state index contributed by atoms with van der Waals surface area (Å²) in [6.07, 6.45) is 0. The van der Waals surface area contributed by atoms with Crippen LogP contribution in [0.25, 0.3) is 0 Å². The lowest BCUT2D eigenvalue weighted by atomic mass is 10.1. The molecule has 0 saturated carbocycles. The highest BCUT2D eigenvalue weighted by atomic mass is 16.2. The third-order valence-electron chi connectivity index (χ3n) is 3.00. The Bertz CT molecular complexity index is 404. The molecule has 4 heteroatoms. The van der Waals surface area contributed by atoms with Gasteiger partial charge < -0.3 is 16.0 Å². The van der Waals surface area contributed by atoms with Crippen molar-refractivity contribution in [3.63, 3.8) is 0 Å². The molecular formula is C14H23N3O. The van der Waals surface area contributed by atoms with Gasteiger partial charge in [-0.1, -0.05) is 6.07 Å². The second kappa shape index (κ2) is 7.01. The number of nitrogens with two attached hydrogens (primary N) is 1. The summed E-state index contributed by atoms with van der Waals surface area (Å²) in [5.74, 6) is 0.0555. The summed E-state index contributed by atoms with van der Waals surface area (Å²) in [5, 5.41) is 2.82. The fourth-order valence-corrected chi connectivity index (χ4v) is 1.92. The van der Waals surface area contributed by atoms with Crippen LogP contribution in [0, 0.1) is 6.92 Å². The first kappa shape index (κ1) is 14.5. The van der Waals surface area contributed by atoms with Crippen molar-refractivity contribution in [2.45, 2.75) is 27.3 Å². The van der Waals surface area contributed by atoms with Crippen LogP contribution in [0.15, 0.2) is 18.2 Å². The zero-order valence-corrected chi connectivity index (χ0v) is 11.5. The van der Waals surface area contributed by atoms with Crippen molar-refractivity contribution in [2.24, 2.45) is 5.73 Å². The molecule has 0 radical (unpaired) electrons. The lowest BCUT2D eigenvalue weighted by Gasteiger charge is -2.23. The highest BCUT2D eigenvalue weighted by molar-refractivity contribution is 5.81. The quantitative estimate of drug-likeness (QED) is 0.801. The minimum Gasteiger partial charge on any atom is -0.362 e. The fourth-order valence-electron chi connectivity index (χ4n) is 1.92. The summed E-state index contributed by atoms with van der Waals surface area (Å²) in [6.45, 7) is 8.44. The summed E-state index contributed by atoms with van der Waals surface area (Å²) in [5.41, 5.74) is 9.04. The second-order valence-electron chi connectivity index (χ2n) is 4.28. The third kappa shape index (κ3) is 3.74. The Morgan fingerprint density at radius 1 is 1.39 bits per heavy atom. The zero-order chi connectivity index (χ0) is 13.5. The lowest BCUT2D eigenvalue weighted by Crippen LogP contribution is -2.37. The van der Waals surface area contributed by atoms with Crippen LogP contribution in [0.2, 0.25) is 0 Å². The summed E-state index contributed by atoms with van der Waals surface area (Å²) < 4.78 is 0. The largest absolute Gasteiger partial charge is 0.362 e. The van der Waals surface area contributed by atoms with Crippen LogP contribution in [0.4, 0.5) is 5.69 Å². The maximum Gasteiger partial charge on any atom is 0.239 e. The molecule has 0 saturated heterocycles. The van der Waals surface area contributed by atoms with Gasteiger partial charge in [-0.05, 0) is 44.0 Å². The van der Waals surface area contributed by atoms with E-state index in [2.05, 4.69) is 16.3 Å². The predicted molar refractivity (Wildman–Crippen MR) is 75.6 cm³/mol. The van der Waals surface area contributed by atoms with E-state index in [1.54, 1.807) is 0 Å². The van der Waals surface area contributed by atoms with Crippen molar-refractivity contribution < 1.29 is 4.79 Å². The maximum atomic E-state index is 11.6. The number of carbonyl (C=O) groups is 1. The van der Waals surface area contributed by atoms with Gasteiger partial charge in [0.25, 0.3) is 0 Å². The second-order valence-corrected chi connectivity index (χ2v) is 4.28. The Labute approximate surface area is 109 Å². The Balaban J connectivity index is 2.82. The van der Waals surface area contributed by atoms with E-state index in [1.807, 2.05) is 32.9 Å². The van der Waals surface area contributed by atoms with Crippen molar-refractivity contribution in [2.75, 3.05) is 24.5 Å². The number of amides is 1. The molecule has 4 nitrogen and oxygen atoms in total. The first-order valence-electron chi connectivity index (χ1n) is 6.43. The number of nitrogens with one attached hydrogen (secondary N) is 1. The minimum atomic E-state index is 0.0555. The molecule has 0 fully saturated rings. The zero-order valence-electron chi connectivity index (χ0n) is 11.5. The van der Waals surface area contributed by atoms with Gasteiger partial charge in [0.1, 0.15) is 0 Å². The van der Waals surface area contributed by atoms with Gasteiger partial charge in [0.2, 0.25) is 5.91 Å². The van der Waals surface area contributed by atoms with Crippen LogP contribution in [-0.4, -0.2) is 25.5 Å². The van der Waals surface area contributed by atoms with Crippen molar-refractivity contribution >= 4 is 11.6 Å². The molecule has 1 aromatic rings. The Morgan fingerprint density at radius 2 is 2.11 bits per heavy atom. The van der Waals surface area contributed by atoms with E-state index in [9.17, 15) is 4.79 Å². The molecule has 18 heavy (non-hydrogen) atoms. The van der Waals surface area contributed by atoms with Gasteiger partial charge in [-0.25, -0.2) is 0 Å². The molecule has 0 atom stereocenters. The van der Waals surface area contributed by atoms with Crippen molar-refractivity contribution in [1.29, 1.82) is 0 Å². The van der Waals surface area contributed by atoms with Crippen LogP contribution in [0.5, 0.6) is 0 Å². The number of hydrogen-bond donors (Lipinski definition) is 2. The number of hydrogen-bond acceptors (Lipinski definition) is 3. The van der Waals surface area contributed by atoms with Crippen LogP contribution in [0.1, 0.15) is 25.0 Å². The molecule has 0 heterocycles. The van der Waals surface area contributed by atoms with E-state index in [-0.39, 0.29) is 5.91 Å². The molecule has 0 unspecified atom stereocenters. The predicted octanol–water partition coefficient (Wildman–Crippen LogP) is 1.42. The highest BCUT2D eigenvalue weighted by Gasteiger charge is 2.10. The van der Waals surface area contributed by atoms with E-state index in [4.69, 9.17) is 5.73 Å². The first-order valence-corrected chi connectivity index (χ1v) is 6.43. The molecular weight excluding hydrogens is 226 g/mol. The first-order chi connectivity index (χ1) is 8.62. The Kier molecular flexibility index (Phi) is 5.65. The number of benzene rings is 1. The van der Waals surface area contributed by atoms with Gasteiger partial charge in [-0.2, -0.15) is 0 Å². The average molecular weight is 249 g/mol. The van der Waals surface area contributed by atoms with Crippen molar-refractivity contribution in [1.82, 2.24) is 5.32 Å². The molecule has 0 spiro atoms. The van der Waals surface area contributed by atoms with Gasteiger partial charge in [0.05, 0.1) is 6.54 Å².